The summed E-state index contributed by atoms with van der Waals surface area (Å²) in [5.41, 5.74) is 2.63. The fourth-order valence-corrected chi connectivity index (χ4v) is 2.00. The van der Waals surface area contributed by atoms with E-state index >= 15 is 0 Å². The Morgan fingerprint density at radius 3 is 2.12 bits per heavy atom. The van der Waals surface area contributed by atoms with Crippen molar-refractivity contribution in [2.75, 3.05) is 26.0 Å². The fourth-order valence-electron chi connectivity index (χ4n) is 2.00. The molecule has 2 nitrogen and oxygen atoms in total. The Morgan fingerprint density at radius 1 is 1.19 bits per heavy atom. The lowest BCUT2D eigenvalue weighted by molar-refractivity contribution is 0.400. The summed E-state index contributed by atoms with van der Waals surface area (Å²) in [7, 11) is 6.18. The van der Waals surface area contributed by atoms with Gasteiger partial charge < -0.3 is 10.2 Å². The lowest BCUT2D eigenvalue weighted by Crippen LogP contribution is -2.23. The van der Waals surface area contributed by atoms with Crippen LogP contribution in [0.4, 0.5) is 5.69 Å². The number of benzene rings is 1. The number of hydrogen-bond donors (Lipinski definition) is 1. The molecule has 1 aromatic carbocycles. The average molecular weight is 220 g/mol. The van der Waals surface area contributed by atoms with Crippen LogP contribution in [0.1, 0.15) is 31.9 Å². The highest BCUT2D eigenvalue weighted by Gasteiger charge is 2.15. The molecule has 0 heterocycles. The first-order valence-corrected chi connectivity index (χ1v) is 6.04. The van der Waals surface area contributed by atoms with E-state index in [0.29, 0.717) is 12.0 Å². The third-order valence-electron chi connectivity index (χ3n) is 3.29. The molecule has 0 fully saturated rings. The van der Waals surface area contributed by atoms with Crippen molar-refractivity contribution in [3.63, 3.8) is 0 Å². The summed E-state index contributed by atoms with van der Waals surface area (Å²) in [5.74, 6) is 0.662. The summed E-state index contributed by atoms with van der Waals surface area (Å²) in [6.07, 6.45) is 1.20. The normalized spacial score (nSPS) is 14.6. The second kappa shape index (κ2) is 5.90. The molecule has 1 rings (SSSR count). The van der Waals surface area contributed by atoms with Crippen molar-refractivity contribution in [1.82, 2.24) is 5.32 Å². The minimum Gasteiger partial charge on any atom is -0.378 e. The van der Waals surface area contributed by atoms with Crippen LogP contribution in [0.25, 0.3) is 0 Å². The first-order valence-electron chi connectivity index (χ1n) is 6.04. The minimum absolute atomic E-state index is 0.459. The molecule has 1 N–H and O–H groups in total. The van der Waals surface area contributed by atoms with Gasteiger partial charge in [0.2, 0.25) is 0 Å². The zero-order valence-electron chi connectivity index (χ0n) is 11.1. The summed E-state index contributed by atoms with van der Waals surface area (Å²) >= 11 is 0. The van der Waals surface area contributed by atoms with Gasteiger partial charge in [-0.1, -0.05) is 32.4 Å². The smallest absolute Gasteiger partial charge is 0.0361 e. The Hall–Kier alpha value is -1.02. The number of hydrogen-bond acceptors (Lipinski definition) is 2. The average Bonchev–Trinajstić information content (AvgIpc) is 2.30. The monoisotopic (exact) mass is 220 g/mol. The van der Waals surface area contributed by atoms with Crippen LogP contribution in [-0.2, 0) is 0 Å². The lowest BCUT2D eigenvalue weighted by Gasteiger charge is -2.23. The quantitative estimate of drug-likeness (QED) is 0.820. The molecule has 2 atom stereocenters. The predicted molar refractivity (Wildman–Crippen MR) is 72.0 cm³/mol. The summed E-state index contributed by atoms with van der Waals surface area (Å²) in [6, 6.07) is 9.27. The largest absolute Gasteiger partial charge is 0.378 e. The van der Waals surface area contributed by atoms with Gasteiger partial charge in [-0.15, -0.1) is 0 Å². The molecule has 1 aromatic rings. The molecule has 2 heteroatoms. The van der Waals surface area contributed by atoms with Gasteiger partial charge in [-0.2, -0.15) is 0 Å². The van der Waals surface area contributed by atoms with Crippen LogP contribution in [0, 0.1) is 5.92 Å². The van der Waals surface area contributed by atoms with Gasteiger partial charge in [0.15, 0.2) is 0 Å². The van der Waals surface area contributed by atoms with E-state index in [1.807, 2.05) is 7.05 Å². The molecule has 16 heavy (non-hydrogen) atoms. The maximum absolute atomic E-state index is 3.40. The highest BCUT2D eigenvalue weighted by molar-refractivity contribution is 5.46. The summed E-state index contributed by atoms with van der Waals surface area (Å²) in [4.78, 5) is 2.13. The molecule has 2 unspecified atom stereocenters. The van der Waals surface area contributed by atoms with Crippen molar-refractivity contribution < 1.29 is 0 Å². The number of anilines is 1. The lowest BCUT2D eigenvalue weighted by atomic mass is 9.92. The maximum Gasteiger partial charge on any atom is 0.0361 e. The van der Waals surface area contributed by atoms with E-state index in [1.165, 1.54) is 17.7 Å². The highest BCUT2D eigenvalue weighted by atomic mass is 15.1. The molecular weight excluding hydrogens is 196 g/mol. The zero-order valence-corrected chi connectivity index (χ0v) is 11.1. The summed E-state index contributed by atoms with van der Waals surface area (Å²) in [5, 5.41) is 3.40. The first kappa shape index (κ1) is 13.0. The van der Waals surface area contributed by atoms with Crippen LogP contribution in [0.2, 0.25) is 0 Å². The van der Waals surface area contributed by atoms with Gasteiger partial charge in [0, 0.05) is 25.8 Å². The highest BCUT2D eigenvalue weighted by Crippen LogP contribution is 2.25. The van der Waals surface area contributed by atoms with E-state index in [1.54, 1.807) is 0 Å². The van der Waals surface area contributed by atoms with Crippen LogP contribution >= 0.6 is 0 Å². The topological polar surface area (TPSA) is 15.3 Å². The molecule has 0 aromatic heterocycles. The number of nitrogens with one attached hydrogen (secondary N) is 1. The van der Waals surface area contributed by atoms with Crippen molar-refractivity contribution in [3.05, 3.63) is 29.8 Å². The Labute approximate surface area is 99.7 Å². The molecular formula is C14H24N2. The third-order valence-corrected chi connectivity index (χ3v) is 3.29. The Bertz CT molecular complexity index is 303. The van der Waals surface area contributed by atoms with Gasteiger partial charge >= 0.3 is 0 Å². The van der Waals surface area contributed by atoms with Gasteiger partial charge in [-0.05, 0) is 30.7 Å². The van der Waals surface area contributed by atoms with Crippen LogP contribution in [0.15, 0.2) is 24.3 Å². The van der Waals surface area contributed by atoms with Crippen molar-refractivity contribution in [2.24, 2.45) is 5.92 Å². The molecule has 0 spiro atoms. The number of nitrogens with zero attached hydrogens (tertiary/aromatic N) is 1. The molecule has 90 valence electrons. The van der Waals surface area contributed by atoms with E-state index < -0.39 is 0 Å². The predicted octanol–water partition coefficient (Wildman–Crippen LogP) is 3.06. The van der Waals surface area contributed by atoms with E-state index in [2.05, 4.69) is 62.4 Å². The standard InChI is InChI=1S/C14H24N2/c1-6-11(2)14(15-3)12-7-9-13(10-8-12)16(4)5/h7-11,14-15H,6H2,1-5H3. The van der Waals surface area contributed by atoms with Crippen molar-refractivity contribution >= 4 is 5.69 Å². The Morgan fingerprint density at radius 2 is 1.75 bits per heavy atom. The third kappa shape index (κ3) is 2.99. The SMILES string of the molecule is CCC(C)C(NC)c1ccc(N(C)C)cc1. The van der Waals surface area contributed by atoms with Crippen LogP contribution in [0.3, 0.4) is 0 Å². The molecule has 0 amide bonds. The Kier molecular flexibility index (Phi) is 4.81. The van der Waals surface area contributed by atoms with Gasteiger partial charge in [0.05, 0.1) is 0 Å². The van der Waals surface area contributed by atoms with Gasteiger partial charge in [0.25, 0.3) is 0 Å². The Balaban J connectivity index is 2.86. The molecule has 0 aliphatic heterocycles. The fraction of sp³-hybridized carbons (Fsp3) is 0.571. The van der Waals surface area contributed by atoms with Crippen molar-refractivity contribution in [2.45, 2.75) is 26.3 Å². The van der Waals surface area contributed by atoms with E-state index in [4.69, 9.17) is 0 Å². The van der Waals surface area contributed by atoms with Gasteiger partial charge in [0.1, 0.15) is 0 Å². The second-order valence-electron chi connectivity index (χ2n) is 4.64. The summed E-state index contributed by atoms with van der Waals surface area (Å²) < 4.78 is 0. The molecule has 0 saturated carbocycles. The van der Waals surface area contributed by atoms with Gasteiger partial charge in [-0.25, -0.2) is 0 Å². The van der Waals surface area contributed by atoms with Crippen LogP contribution in [-0.4, -0.2) is 21.1 Å². The van der Waals surface area contributed by atoms with E-state index in [0.717, 1.165) is 0 Å². The van der Waals surface area contributed by atoms with Crippen molar-refractivity contribution in [1.29, 1.82) is 0 Å². The molecule has 0 aliphatic rings. The van der Waals surface area contributed by atoms with Crippen LogP contribution in [0.5, 0.6) is 0 Å². The van der Waals surface area contributed by atoms with Gasteiger partial charge in [-0.3, -0.25) is 0 Å². The zero-order chi connectivity index (χ0) is 12.1. The van der Waals surface area contributed by atoms with Crippen LogP contribution < -0.4 is 10.2 Å². The number of rotatable bonds is 5. The molecule has 0 aliphatic carbocycles. The van der Waals surface area contributed by atoms with Crippen molar-refractivity contribution in [3.8, 4) is 0 Å². The second-order valence-corrected chi connectivity index (χ2v) is 4.64. The molecule has 0 bridgehead atoms. The van der Waals surface area contributed by atoms with E-state index in [9.17, 15) is 0 Å². The molecule has 0 saturated heterocycles. The molecule has 0 radical (unpaired) electrons. The minimum atomic E-state index is 0.459. The first-order chi connectivity index (χ1) is 7.60. The van der Waals surface area contributed by atoms with E-state index in [-0.39, 0.29) is 0 Å². The summed E-state index contributed by atoms with van der Waals surface area (Å²) in [6.45, 7) is 4.53. The maximum atomic E-state index is 3.40.